The van der Waals surface area contributed by atoms with Gasteiger partial charge >= 0.3 is 0 Å². The fourth-order valence-electron chi connectivity index (χ4n) is 2.68. The number of pyridine rings is 1. The maximum Gasteiger partial charge on any atom is 0.0724 e. The van der Waals surface area contributed by atoms with Gasteiger partial charge in [-0.15, -0.1) is 0 Å². The maximum atomic E-state index is 4.63. The van der Waals surface area contributed by atoms with Gasteiger partial charge < -0.3 is 0 Å². The van der Waals surface area contributed by atoms with Crippen molar-refractivity contribution >= 4 is 23.5 Å². The van der Waals surface area contributed by atoms with Crippen molar-refractivity contribution in [3.8, 4) is 11.3 Å². The lowest BCUT2D eigenvalue weighted by molar-refractivity contribution is 1.24. The molecule has 1 nitrogen and oxygen atoms in total. The van der Waals surface area contributed by atoms with Gasteiger partial charge in [0.1, 0.15) is 0 Å². The lowest BCUT2D eigenvalue weighted by Gasteiger charge is -2.14. The van der Waals surface area contributed by atoms with E-state index in [9.17, 15) is 0 Å². The monoisotopic (exact) mass is 371 g/mol. The minimum Gasteiger partial charge on any atom is -0.256 e. The van der Waals surface area contributed by atoms with E-state index >= 15 is 0 Å². The maximum absolute atomic E-state index is 4.63. The van der Waals surface area contributed by atoms with Crippen LogP contribution < -0.4 is 0 Å². The molecule has 3 heteroatoms. The summed E-state index contributed by atoms with van der Waals surface area (Å²) in [6, 6.07) is 33.5. The van der Waals surface area contributed by atoms with Gasteiger partial charge in [-0.1, -0.05) is 72.1 Å². The van der Waals surface area contributed by atoms with Crippen LogP contribution in [0.5, 0.6) is 0 Å². The molecule has 0 aliphatic heterocycles. The van der Waals surface area contributed by atoms with Gasteiger partial charge in [-0.25, -0.2) is 0 Å². The molecule has 0 saturated carbocycles. The molecule has 126 valence electrons. The third-order valence-corrected chi connectivity index (χ3v) is 5.99. The SMILES string of the molecule is c1ccc(Sc2cccc(Sc3ccccc3)c2-c2ccccn2)cc1. The molecule has 0 aliphatic rings. The Labute approximate surface area is 162 Å². The second-order valence-corrected chi connectivity index (χ2v) is 7.91. The summed E-state index contributed by atoms with van der Waals surface area (Å²) in [5.74, 6) is 0. The molecule has 26 heavy (non-hydrogen) atoms. The van der Waals surface area contributed by atoms with Crippen LogP contribution in [0.3, 0.4) is 0 Å². The predicted molar refractivity (Wildman–Crippen MR) is 111 cm³/mol. The molecule has 0 spiro atoms. The number of hydrogen-bond acceptors (Lipinski definition) is 3. The first-order valence-electron chi connectivity index (χ1n) is 8.40. The molecule has 3 aromatic carbocycles. The van der Waals surface area contributed by atoms with Crippen LogP contribution in [-0.4, -0.2) is 4.98 Å². The third kappa shape index (κ3) is 4.01. The third-order valence-electron chi connectivity index (χ3n) is 3.85. The van der Waals surface area contributed by atoms with Crippen LogP contribution in [0, 0.1) is 0 Å². The van der Waals surface area contributed by atoms with Gasteiger partial charge in [-0.05, 0) is 48.5 Å². The van der Waals surface area contributed by atoms with Gasteiger partial charge in [0.2, 0.25) is 0 Å². The Balaban J connectivity index is 1.79. The van der Waals surface area contributed by atoms with Crippen molar-refractivity contribution in [3.63, 3.8) is 0 Å². The molecule has 1 aromatic heterocycles. The largest absolute Gasteiger partial charge is 0.256 e. The van der Waals surface area contributed by atoms with E-state index in [0.29, 0.717) is 0 Å². The van der Waals surface area contributed by atoms with Crippen molar-refractivity contribution in [1.29, 1.82) is 0 Å². The van der Waals surface area contributed by atoms with Crippen molar-refractivity contribution in [2.75, 3.05) is 0 Å². The number of rotatable bonds is 5. The first-order chi connectivity index (χ1) is 12.9. The van der Waals surface area contributed by atoms with Crippen LogP contribution in [0.2, 0.25) is 0 Å². The van der Waals surface area contributed by atoms with Gasteiger partial charge in [0, 0.05) is 31.3 Å². The molecular weight excluding hydrogens is 354 g/mol. The fourth-order valence-corrected chi connectivity index (χ4v) is 4.76. The highest BCUT2D eigenvalue weighted by Crippen LogP contribution is 2.42. The van der Waals surface area contributed by atoms with E-state index in [0.717, 1.165) is 5.69 Å². The molecule has 4 aromatic rings. The van der Waals surface area contributed by atoms with E-state index in [4.69, 9.17) is 0 Å². The number of aromatic nitrogens is 1. The Kier molecular flexibility index (Phi) is 5.38. The van der Waals surface area contributed by atoms with Crippen LogP contribution in [0.1, 0.15) is 0 Å². The van der Waals surface area contributed by atoms with E-state index in [1.54, 1.807) is 23.5 Å². The number of benzene rings is 3. The predicted octanol–water partition coefficient (Wildman–Crippen LogP) is 7.05. The molecule has 0 radical (unpaired) electrons. The Morgan fingerprint density at radius 3 is 1.54 bits per heavy atom. The van der Waals surface area contributed by atoms with E-state index in [1.165, 1.54) is 25.1 Å². The van der Waals surface area contributed by atoms with Crippen LogP contribution in [0.15, 0.2) is 123 Å². The average Bonchev–Trinajstić information content (AvgIpc) is 2.70. The minimum absolute atomic E-state index is 1.00. The van der Waals surface area contributed by atoms with Crippen molar-refractivity contribution < 1.29 is 0 Å². The Morgan fingerprint density at radius 1 is 0.500 bits per heavy atom. The van der Waals surface area contributed by atoms with Gasteiger partial charge in [-0.3, -0.25) is 4.98 Å². The van der Waals surface area contributed by atoms with Gasteiger partial charge in [-0.2, -0.15) is 0 Å². The van der Waals surface area contributed by atoms with Crippen molar-refractivity contribution in [3.05, 3.63) is 103 Å². The zero-order valence-corrected chi connectivity index (χ0v) is 15.7. The topological polar surface area (TPSA) is 12.9 Å². The summed E-state index contributed by atoms with van der Waals surface area (Å²) in [5, 5.41) is 0. The highest BCUT2D eigenvalue weighted by atomic mass is 32.2. The van der Waals surface area contributed by atoms with Gasteiger partial charge in [0.25, 0.3) is 0 Å². The second-order valence-electron chi connectivity index (χ2n) is 5.67. The summed E-state index contributed by atoms with van der Waals surface area (Å²) in [4.78, 5) is 9.52. The molecule has 0 bridgehead atoms. The molecular formula is C23H17NS2. The van der Waals surface area contributed by atoms with Crippen LogP contribution in [-0.2, 0) is 0 Å². The second kappa shape index (κ2) is 8.26. The first kappa shape index (κ1) is 17.0. The van der Waals surface area contributed by atoms with Crippen molar-refractivity contribution in [2.45, 2.75) is 19.6 Å². The molecule has 0 aliphatic carbocycles. The van der Waals surface area contributed by atoms with E-state index in [1.807, 2.05) is 30.5 Å². The summed E-state index contributed by atoms with van der Waals surface area (Å²) >= 11 is 3.56. The molecule has 0 atom stereocenters. The molecule has 4 rings (SSSR count). The number of nitrogens with zero attached hydrogens (tertiary/aromatic N) is 1. The van der Waals surface area contributed by atoms with Crippen LogP contribution in [0.25, 0.3) is 11.3 Å². The van der Waals surface area contributed by atoms with E-state index in [2.05, 4.69) is 77.8 Å². The normalized spacial score (nSPS) is 10.6. The van der Waals surface area contributed by atoms with Crippen molar-refractivity contribution in [1.82, 2.24) is 4.98 Å². The van der Waals surface area contributed by atoms with E-state index < -0.39 is 0 Å². The summed E-state index contributed by atoms with van der Waals surface area (Å²) < 4.78 is 0. The quantitative estimate of drug-likeness (QED) is 0.373. The van der Waals surface area contributed by atoms with Gasteiger partial charge in [0.15, 0.2) is 0 Å². The Morgan fingerprint density at radius 2 is 1.04 bits per heavy atom. The van der Waals surface area contributed by atoms with E-state index in [-0.39, 0.29) is 0 Å². The minimum atomic E-state index is 1.00. The Hall–Kier alpha value is -2.49. The standard InChI is InChI=1S/C23H17NS2/c1-3-10-18(11-4-1)25-21-15-9-16-22(26-19-12-5-2-6-13-19)23(21)20-14-7-8-17-24-20/h1-17H. The van der Waals surface area contributed by atoms with Crippen LogP contribution >= 0.6 is 23.5 Å². The fraction of sp³-hybridized carbons (Fsp3) is 0. The number of hydrogen-bond donors (Lipinski definition) is 0. The Bertz CT molecular complexity index is 911. The molecule has 0 unspecified atom stereocenters. The van der Waals surface area contributed by atoms with Crippen LogP contribution in [0.4, 0.5) is 0 Å². The summed E-state index contributed by atoms with van der Waals surface area (Å²) in [6.07, 6.45) is 1.86. The average molecular weight is 372 g/mol. The first-order valence-corrected chi connectivity index (χ1v) is 10.0. The summed E-state index contributed by atoms with van der Waals surface area (Å²) in [7, 11) is 0. The summed E-state index contributed by atoms with van der Waals surface area (Å²) in [5.41, 5.74) is 2.20. The van der Waals surface area contributed by atoms with Crippen molar-refractivity contribution in [2.24, 2.45) is 0 Å². The molecule has 0 fully saturated rings. The zero-order valence-electron chi connectivity index (χ0n) is 14.1. The molecule has 0 N–H and O–H groups in total. The summed E-state index contributed by atoms with van der Waals surface area (Å²) in [6.45, 7) is 0. The smallest absolute Gasteiger partial charge is 0.0724 e. The molecule has 0 saturated heterocycles. The lowest BCUT2D eigenvalue weighted by atomic mass is 10.1. The zero-order chi connectivity index (χ0) is 17.6. The highest BCUT2D eigenvalue weighted by Gasteiger charge is 2.14. The highest BCUT2D eigenvalue weighted by molar-refractivity contribution is 8.00. The van der Waals surface area contributed by atoms with Gasteiger partial charge in [0.05, 0.1) is 5.69 Å². The molecule has 1 heterocycles. The lowest BCUT2D eigenvalue weighted by Crippen LogP contribution is -1.89. The molecule has 0 amide bonds.